The third kappa shape index (κ3) is 4.88. The van der Waals surface area contributed by atoms with Crippen LogP contribution in [0.4, 0.5) is 17.1 Å². The van der Waals surface area contributed by atoms with Crippen LogP contribution >= 0.6 is 0 Å². The van der Waals surface area contributed by atoms with E-state index in [-0.39, 0.29) is 0 Å². The van der Waals surface area contributed by atoms with Crippen molar-refractivity contribution in [2.45, 2.75) is 10.8 Å². The topological polar surface area (TPSA) is 36.3 Å². The summed E-state index contributed by atoms with van der Waals surface area (Å²) in [6.45, 7) is 0. The van der Waals surface area contributed by atoms with Gasteiger partial charge in [0.25, 0.3) is 0 Å². The number of hydrogen-bond donors (Lipinski definition) is 0. The Labute approximate surface area is 417 Å². The summed E-state index contributed by atoms with van der Waals surface area (Å²) in [5.41, 5.74) is 28.0. The van der Waals surface area contributed by atoms with E-state index in [1.54, 1.807) is 0 Å². The van der Waals surface area contributed by atoms with Crippen molar-refractivity contribution in [2.75, 3.05) is 4.90 Å². The van der Waals surface area contributed by atoms with Crippen molar-refractivity contribution in [3.8, 4) is 84.3 Å². The number of nitriles is 1. The summed E-state index contributed by atoms with van der Waals surface area (Å²) in [4.78, 5) is 2.35. The molecule has 0 radical (unpaired) electrons. The Bertz CT molecular complexity index is 4190. The first-order chi connectivity index (χ1) is 35.7. The number of ether oxygens (including phenoxy) is 1. The Morgan fingerprint density at radius 2 is 0.764 bits per heavy atom. The fourth-order valence-corrected chi connectivity index (χ4v) is 13.8. The Balaban J connectivity index is 0.878. The molecule has 0 N–H and O–H groups in total. The van der Waals surface area contributed by atoms with Crippen molar-refractivity contribution >= 4 is 17.1 Å². The molecule has 0 saturated heterocycles. The van der Waals surface area contributed by atoms with Gasteiger partial charge >= 0.3 is 0 Å². The van der Waals surface area contributed by atoms with Gasteiger partial charge < -0.3 is 9.64 Å². The second-order valence-corrected chi connectivity index (χ2v) is 19.7. The molecule has 5 aliphatic rings. The van der Waals surface area contributed by atoms with Crippen molar-refractivity contribution in [2.24, 2.45) is 0 Å². The molecule has 72 heavy (non-hydrogen) atoms. The average molecular weight is 913 g/mol. The highest BCUT2D eigenvalue weighted by atomic mass is 16.5. The first-order valence-electron chi connectivity index (χ1n) is 24.8. The van der Waals surface area contributed by atoms with E-state index in [0.717, 1.165) is 34.1 Å². The molecule has 2 atom stereocenters. The van der Waals surface area contributed by atoms with Crippen LogP contribution in [0.5, 0.6) is 11.5 Å². The minimum Gasteiger partial charge on any atom is -0.453 e. The van der Waals surface area contributed by atoms with Crippen LogP contribution in [0, 0.1) is 11.3 Å². The Morgan fingerprint density at radius 3 is 1.42 bits per heavy atom. The van der Waals surface area contributed by atoms with Crippen LogP contribution in [0.3, 0.4) is 0 Å². The van der Waals surface area contributed by atoms with Gasteiger partial charge in [-0.2, -0.15) is 5.26 Å². The van der Waals surface area contributed by atoms with Crippen molar-refractivity contribution in [3.05, 3.63) is 293 Å². The largest absolute Gasteiger partial charge is 0.453 e. The van der Waals surface area contributed by atoms with E-state index < -0.39 is 10.8 Å². The zero-order chi connectivity index (χ0) is 47.3. The molecule has 4 aliphatic carbocycles. The zero-order valence-corrected chi connectivity index (χ0v) is 38.9. The molecule has 0 bridgehead atoms. The van der Waals surface area contributed by atoms with Gasteiger partial charge in [-0.15, -0.1) is 0 Å². The standard InChI is InChI=1S/C69H40N2O/c70-41-42-28-30-43(31-29-42)47-18-13-23-61-67(47)52-17-4-8-22-58(52)69(61)55-19-5-1-14-48(55)51-35-32-45(39-62(51)69)44-33-36-59-53(38-44)49-15-2-6-20-56(49)68(59)57-21-7-3-16-50(57)54-40-46(34-37-60(54)68)71-63-24-9-11-26-65(63)72-66-27-12-10-25-64(66)71/h1-40H. The Hall–Kier alpha value is -9.49. The van der Waals surface area contributed by atoms with E-state index in [0.29, 0.717) is 5.56 Å². The van der Waals surface area contributed by atoms with Crippen LogP contribution in [0.2, 0.25) is 0 Å². The first kappa shape index (κ1) is 39.4. The van der Waals surface area contributed by atoms with Gasteiger partial charge in [0.05, 0.1) is 33.8 Å². The number of anilines is 3. The molecule has 11 aromatic rings. The van der Waals surface area contributed by atoms with E-state index >= 15 is 0 Å². The van der Waals surface area contributed by atoms with Gasteiger partial charge in [0.2, 0.25) is 0 Å². The summed E-state index contributed by atoms with van der Waals surface area (Å²) in [5, 5.41) is 9.66. The van der Waals surface area contributed by atoms with Gasteiger partial charge in [-0.3, -0.25) is 0 Å². The molecule has 11 aromatic carbocycles. The minimum atomic E-state index is -0.522. The Morgan fingerprint density at radius 1 is 0.319 bits per heavy atom. The van der Waals surface area contributed by atoms with Gasteiger partial charge in [-0.05, 0) is 172 Å². The van der Waals surface area contributed by atoms with Crippen LogP contribution in [-0.2, 0) is 10.8 Å². The van der Waals surface area contributed by atoms with Crippen molar-refractivity contribution in [3.63, 3.8) is 0 Å². The van der Waals surface area contributed by atoms with E-state index in [9.17, 15) is 5.26 Å². The maximum atomic E-state index is 9.66. The second-order valence-electron chi connectivity index (χ2n) is 19.7. The highest BCUT2D eigenvalue weighted by molar-refractivity contribution is 6.02. The van der Waals surface area contributed by atoms with Crippen molar-refractivity contribution in [1.29, 1.82) is 5.26 Å². The smallest absolute Gasteiger partial charge is 0.151 e. The number of benzene rings is 11. The number of rotatable bonds is 3. The SMILES string of the molecule is N#Cc1ccc(-c2cccc3c2-c2ccccc2C32c3ccccc3-c3ccc(-c4ccc5c(c4)-c4ccccc4C54c5ccccc5-c5cc(N6c7ccccc7Oc7ccccc76)ccc54)cc32)cc1. The molecule has 0 fully saturated rings. The fraction of sp³-hybridized carbons (Fsp3) is 0.0290. The molecule has 0 aromatic heterocycles. The maximum absolute atomic E-state index is 9.66. The number of hydrogen-bond acceptors (Lipinski definition) is 3. The molecule has 3 nitrogen and oxygen atoms in total. The quantitative estimate of drug-likeness (QED) is 0.177. The first-order valence-corrected chi connectivity index (χ1v) is 24.8. The van der Waals surface area contributed by atoms with Crippen molar-refractivity contribution in [1.82, 2.24) is 0 Å². The maximum Gasteiger partial charge on any atom is 0.151 e. The molecule has 0 saturated carbocycles. The minimum absolute atomic E-state index is 0.497. The molecule has 1 heterocycles. The summed E-state index contributed by atoms with van der Waals surface area (Å²) >= 11 is 0. The molecule has 332 valence electrons. The number of fused-ring (bicyclic) bond motifs is 22. The van der Waals surface area contributed by atoms with Crippen LogP contribution < -0.4 is 9.64 Å². The van der Waals surface area contributed by atoms with Gasteiger partial charge in [0, 0.05) is 5.69 Å². The predicted molar refractivity (Wildman–Crippen MR) is 289 cm³/mol. The lowest BCUT2D eigenvalue weighted by atomic mass is 9.70. The summed E-state index contributed by atoms with van der Waals surface area (Å²) in [6, 6.07) is 91.6. The lowest BCUT2D eigenvalue weighted by Gasteiger charge is -2.34. The van der Waals surface area contributed by atoms with E-state index in [1.165, 1.54) is 106 Å². The normalized spacial score (nSPS) is 17.1. The zero-order valence-electron chi connectivity index (χ0n) is 38.9. The highest BCUT2D eigenvalue weighted by Crippen LogP contribution is 2.66. The Kier molecular flexibility index (Phi) is 7.82. The summed E-state index contributed by atoms with van der Waals surface area (Å²) in [6.07, 6.45) is 0. The van der Waals surface area contributed by atoms with E-state index in [2.05, 4.69) is 229 Å². The van der Waals surface area contributed by atoms with Crippen molar-refractivity contribution < 1.29 is 4.74 Å². The molecule has 3 heteroatoms. The summed E-state index contributed by atoms with van der Waals surface area (Å²) in [7, 11) is 0. The molecule has 1 aliphatic heterocycles. The van der Waals surface area contributed by atoms with Crippen LogP contribution in [0.1, 0.15) is 50.1 Å². The third-order valence-electron chi connectivity index (χ3n) is 16.5. The summed E-state index contributed by atoms with van der Waals surface area (Å²) < 4.78 is 6.44. The van der Waals surface area contributed by atoms with Crippen LogP contribution in [0.25, 0.3) is 66.8 Å². The lowest BCUT2D eigenvalue weighted by Crippen LogP contribution is -2.26. The second kappa shape index (κ2) is 14.3. The molecular formula is C69H40N2O. The molecule has 2 spiro atoms. The van der Waals surface area contributed by atoms with E-state index in [4.69, 9.17) is 4.74 Å². The number of nitrogens with zero attached hydrogens (tertiary/aromatic N) is 2. The van der Waals surface area contributed by atoms with Gasteiger partial charge in [0.1, 0.15) is 0 Å². The molecular weight excluding hydrogens is 873 g/mol. The average Bonchev–Trinajstić information content (AvgIpc) is 4.13. The molecule has 16 rings (SSSR count). The molecule has 2 unspecified atom stereocenters. The monoisotopic (exact) mass is 912 g/mol. The third-order valence-corrected chi connectivity index (χ3v) is 16.5. The van der Waals surface area contributed by atoms with Gasteiger partial charge in [0.15, 0.2) is 11.5 Å². The molecule has 0 amide bonds. The van der Waals surface area contributed by atoms with Crippen LogP contribution in [0.15, 0.2) is 243 Å². The van der Waals surface area contributed by atoms with Gasteiger partial charge in [-0.25, -0.2) is 0 Å². The predicted octanol–water partition coefficient (Wildman–Crippen LogP) is 17.2. The summed E-state index contributed by atoms with van der Waals surface area (Å²) in [5.74, 6) is 1.69. The highest BCUT2D eigenvalue weighted by Gasteiger charge is 2.54. The fourth-order valence-electron chi connectivity index (χ4n) is 13.8. The van der Waals surface area contributed by atoms with E-state index in [1.807, 2.05) is 24.3 Å². The van der Waals surface area contributed by atoms with Gasteiger partial charge in [-0.1, -0.05) is 182 Å². The number of para-hydroxylation sites is 4. The lowest BCUT2D eigenvalue weighted by molar-refractivity contribution is 0.477. The van der Waals surface area contributed by atoms with Crippen LogP contribution in [-0.4, -0.2) is 0 Å².